The van der Waals surface area contributed by atoms with Crippen LogP contribution in [0.15, 0.2) is 36.4 Å². The third-order valence-electron chi connectivity index (χ3n) is 5.07. The van der Waals surface area contributed by atoms with Crippen molar-refractivity contribution < 1.29 is 24.1 Å². The Morgan fingerprint density at radius 3 is 2.55 bits per heavy atom. The van der Waals surface area contributed by atoms with Crippen LogP contribution in [0.25, 0.3) is 10.6 Å². The molecule has 0 saturated heterocycles. The molecular formula is C24H28FN3O4S. The zero-order valence-electron chi connectivity index (χ0n) is 18.9. The van der Waals surface area contributed by atoms with Gasteiger partial charge in [-0.1, -0.05) is 36.8 Å². The highest BCUT2D eigenvalue weighted by atomic mass is 32.1. The van der Waals surface area contributed by atoms with Gasteiger partial charge in [-0.25, -0.2) is 4.39 Å². The molecule has 3 aromatic rings. The average Bonchev–Trinajstić information content (AvgIpc) is 3.28. The highest BCUT2D eigenvalue weighted by Crippen LogP contribution is 2.34. The average molecular weight is 474 g/mol. The lowest BCUT2D eigenvalue weighted by molar-refractivity contribution is 0.0532. The summed E-state index contributed by atoms with van der Waals surface area (Å²) in [5, 5.41) is 28.1. The van der Waals surface area contributed by atoms with Gasteiger partial charge in [-0.3, -0.25) is 9.69 Å². The molecule has 1 heterocycles. The van der Waals surface area contributed by atoms with Gasteiger partial charge in [0, 0.05) is 12.1 Å². The van der Waals surface area contributed by atoms with Crippen LogP contribution in [0.4, 0.5) is 9.52 Å². The molecule has 9 heteroatoms. The number of aliphatic hydroxyl groups is 2. The van der Waals surface area contributed by atoms with Gasteiger partial charge in [0.25, 0.3) is 5.91 Å². The van der Waals surface area contributed by atoms with E-state index in [9.17, 15) is 14.3 Å². The number of aliphatic hydroxyl groups excluding tert-OH is 2. The minimum absolute atomic E-state index is 0.00334. The van der Waals surface area contributed by atoms with Gasteiger partial charge in [0.2, 0.25) is 5.13 Å². The molecule has 2 aromatic carbocycles. The Morgan fingerprint density at radius 2 is 1.91 bits per heavy atom. The Balaban J connectivity index is 1.88. The summed E-state index contributed by atoms with van der Waals surface area (Å²) < 4.78 is 19.9. The molecule has 2 N–H and O–H groups in total. The van der Waals surface area contributed by atoms with E-state index in [1.807, 2.05) is 32.9 Å². The van der Waals surface area contributed by atoms with Crippen molar-refractivity contribution in [2.24, 2.45) is 0 Å². The van der Waals surface area contributed by atoms with E-state index in [4.69, 9.17) is 9.84 Å². The number of anilines is 1. The maximum Gasteiger partial charge on any atom is 0.263 e. The molecule has 1 aromatic heterocycles. The monoisotopic (exact) mass is 473 g/mol. The minimum atomic E-state index is -0.949. The molecule has 0 bridgehead atoms. The second-order valence-corrected chi connectivity index (χ2v) is 8.72. The van der Waals surface area contributed by atoms with E-state index in [-0.39, 0.29) is 18.8 Å². The Hall–Kier alpha value is -2.88. The molecule has 3 rings (SSSR count). The molecule has 0 radical (unpaired) electrons. The van der Waals surface area contributed by atoms with Gasteiger partial charge in [-0.15, -0.1) is 10.2 Å². The summed E-state index contributed by atoms with van der Waals surface area (Å²) in [5.41, 5.74) is 2.51. The third kappa shape index (κ3) is 5.93. The number of hydrogen-bond acceptors (Lipinski definition) is 7. The lowest BCUT2D eigenvalue weighted by Crippen LogP contribution is -2.32. The fourth-order valence-electron chi connectivity index (χ4n) is 3.36. The maximum atomic E-state index is 14.2. The van der Waals surface area contributed by atoms with Crippen LogP contribution in [-0.2, 0) is 0 Å². The lowest BCUT2D eigenvalue weighted by atomic mass is 10.1. The molecule has 0 spiro atoms. The molecule has 7 nitrogen and oxygen atoms in total. The molecule has 0 aliphatic rings. The highest BCUT2D eigenvalue weighted by molar-refractivity contribution is 7.18. The van der Waals surface area contributed by atoms with Crippen molar-refractivity contribution in [3.63, 3.8) is 0 Å². The van der Waals surface area contributed by atoms with Gasteiger partial charge >= 0.3 is 0 Å². The quantitative estimate of drug-likeness (QED) is 0.460. The highest BCUT2D eigenvalue weighted by Gasteiger charge is 2.24. The summed E-state index contributed by atoms with van der Waals surface area (Å²) in [5.74, 6) is -0.375. The number of nitrogens with zero attached hydrogens (tertiary/aromatic N) is 3. The standard InChI is InChI=1S/C24H28FN3O4S/c1-4-5-10-28(23(31)19-8-6-7-9-20(19)25)24-27-26-22(33-24)17-11-15(2)21(16(3)12-17)32-14-18(30)13-29/h6-9,11-12,18,29-30H,4-5,10,13-14H2,1-3H3/t18-/m0/s1. The fraction of sp³-hybridized carbons (Fsp3) is 0.375. The Bertz CT molecular complexity index is 1080. The first-order valence-corrected chi connectivity index (χ1v) is 11.6. The van der Waals surface area contributed by atoms with Crippen molar-refractivity contribution in [2.45, 2.75) is 39.7 Å². The first-order valence-electron chi connectivity index (χ1n) is 10.8. The van der Waals surface area contributed by atoms with Gasteiger partial charge in [0.1, 0.15) is 29.3 Å². The lowest BCUT2D eigenvalue weighted by Gasteiger charge is -2.19. The summed E-state index contributed by atoms with van der Waals surface area (Å²) in [6.45, 7) is 5.82. The van der Waals surface area contributed by atoms with Gasteiger partial charge < -0.3 is 14.9 Å². The fourth-order valence-corrected chi connectivity index (χ4v) is 4.21. The molecular weight excluding hydrogens is 445 g/mol. The van der Waals surface area contributed by atoms with E-state index < -0.39 is 17.8 Å². The topological polar surface area (TPSA) is 95.8 Å². The van der Waals surface area contributed by atoms with Crippen LogP contribution in [0, 0.1) is 19.7 Å². The third-order valence-corrected chi connectivity index (χ3v) is 6.06. The number of halogens is 1. The van der Waals surface area contributed by atoms with Crippen molar-refractivity contribution in [2.75, 3.05) is 24.7 Å². The zero-order valence-corrected chi connectivity index (χ0v) is 19.7. The van der Waals surface area contributed by atoms with E-state index >= 15 is 0 Å². The normalized spacial score (nSPS) is 11.9. The molecule has 176 valence electrons. The number of ether oxygens (including phenoxy) is 1. The number of hydrogen-bond donors (Lipinski definition) is 2. The van der Waals surface area contributed by atoms with Crippen molar-refractivity contribution >= 4 is 22.4 Å². The molecule has 0 aliphatic carbocycles. The van der Waals surface area contributed by atoms with Crippen molar-refractivity contribution in [1.82, 2.24) is 10.2 Å². The number of benzene rings is 2. The van der Waals surface area contributed by atoms with E-state index in [0.29, 0.717) is 22.4 Å². The van der Waals surface area contributed by atoms with Gasteiger partial charge in [-0.2, -0.15) is 0 Å². The van der Waals surface area contributed by atoms with Gasteiger partial charge in [0.05, 0.1) is 12.2 Å². The minimum Gasteiger partial charge on any atom is -0.490 e. The first-order chi connectivity index (χ1) is 15.8. The Labute approximate surface area is 196 Å². The van der Waals surface area contributed by atoms with Crippen molar-refractivity contribution in [1.29, 1.82) is 0 Å². The molecule has 0 fully saturated rings. The SMILES string of the molecule is CCCCN(C(=O)c1ccccc1F)c1nnc(-c2cc(C)c(OC[C@@H](O)CO)c(C)c2)s1. The number of carbonyl (C=O) groups is 1. The van der Waals surface area contributed by atoms with E-state index in [0.717, 1.165) is 29.5 Å². The number of amides is 1. The summed E-state index contributed by atoms with van der Waals surface area (Å²) >= 11 is 1.27. The smallest absolute Gasteiger partial charge is 0.263 e. The van der Waals surface area contributed by atoms with E-state index in [1.165, 1.54) is 28.4 Å². The number of carbonyl (C=O) groups excluding carboxylic acids is 1. The molecule has 0 unspecified atom stereocenters. The number of unbranched alkanes of at least 4 members (excludes halogenated alkanes) is 1. The molecule has 0 aliphatic heterocycles. The zero-order chi connectivity index (χ0) is 24.0. The van der Waals surface area contributed by atoms with Crippen LogP contribution in [0.2, 0.25) is 0 Å². The summed E-state index contributed by atoms with van der Waals surface area (Å²) in [6.07, 6.45) is 0.673. The molecule has 33 heavy (non-hydrogen) atoms. The maximum absolute atomic E-state index is 14.2. The second-order valence-electron chi connectivity index (χ2n) is 7.77. The van der Waals surface area contributed by atoms with E-state index in [1.54, 1.807) is 12.1 Å². The largest absolute Gasteiger partial charge is 0.490 e. The van der Waals surface area contributed by atoms with Gasteiger partial charge in [0.15, 0.2) is 0 Å². The number of aryl methyl sites for hydroxylation is 2. The van der Waals surface area contributed by atoms with Crippen LogP contribution in [0.5, 0.6) is 5.75 Å². The van der Waals surface area contributed by atoms with Crippen LogP contribution in [0.3, 0.4) is 0 Å². The summed E-state index contributed by atoms with van der Waals surface area (Å²) in [6, 6.07) is 9.71. The first kappa shape index (κ1) is 24.8. The summed E-state index contributed by atoms with van der Waals surface area (Å²) in [4.78, 5) is 14.6. The van der Waals surface area contributed by atoms with Crippen LogP contribution in [-0.4, -0.2) is 52.2 Å². The Morgan fingerprint density at radius 1 is 1.21 bits per heavy atom. The molecule has 1 atom stereocenters. The van der Waals surface area contributed by atoms with Crippen LogP contribution < -0.4 is 9.64 Å². The second kappa shape index (κ2) is 11.3. The van der Waals surface area contributed by atoms with E-state index in [2.05, 4.69) is 10.2 Å². The number of aromatic nitrogens is 2. The Kier molecular flexibility index (Phi) is 8.49. The van der Waals surface area contributed by atoms with Crippen molar-refractivity contribution in [3.8, 4) is 16.3 Å². The molecule has 0 saturated carbocycles. The molecule has 1 amide bonds. The summed E-state index contributed by atoms with van der Waals surface area (Å²) in [7, 11) is 0. The predicted octanol–water partition coefficient (Wildman–Crippen LogP) is 4.14. The number of rotatable bonds is 10. The predicted molar refractivity (Wildman–Crippen MR) is 126 cm³/mol. The van der Waals surface area contributed by atoms with Crippen LogP contribution in [0.1, 0.15) is 41.3 Å². The van der Waals surface area contributed by atoms with Crippen molar-refractivity contribution in [3.05, 3.63) is 58.9 Å². The van der Waals surface area contributed by atoms with Gasteiger partial charge in [-0.05, 0) is 55.7 Å². The van der Waals surface area contributed by atoms with Crippen LogP contribution >= 0.6 is 11.3 Å².